The van der Waals surface area contributed by atoms with Crippen LogP contribution in [0.15, 0.2) is 0 Å². The number of hydrogen-bond acceptors (Lipinski definition) is 3. The van der Waals surface area contributed by atoms with Gasteiger partial charge >= 0.3 is 0 Å². The Labute approximate surface area is 112 Å². The summed E-state index contributed by atoms with van der Waals surface area (Å²) in [6.07, 6.45) is 4.25. The number of phenols is 1. The summed E-state index contributed by atoms with van der Waals surface area (Å²) < 4.78 is 0. The topological polar surface area (TPSA) is 63.3 Å². The van der Waals surface area contributed by atoms with Crippen LogP contribution in [0.4, 0.5) is 0 Å². The van der Waals surface area contributed by atoms with Crippen LogP contribution in [0.3, 0.4) is 0 Å². The zero-order valence-electron chi connectivity index (χ0n) is 10.6. The van der Waals surface area contributed by atoms with Gasteiger partial charge in [-0.1, -0.05) is 11.6 Å². The largest absolute Gasteiger partial charge is 0.506 e. The molecule has 0 saturated heterocycles. The van der Waals surface area contributed by atoms with Crippen molar-refractivity contribution >= 4 is 17.4 Å². The number of Topliss-reactive ketones (excluding diaryl/α,β-unsaturated/α-hetero) is 1. The van der Waals surface area contributed by atoms with Gasteiger partial charge in [0.15, 0.2) is 5.78 Å². The molecule has 2 rings (SSSR count). The van der Waals surface area contributed by atoms with Gasteiger partial charge in [-0.2, -0.15) is 0 Å². The van der Waals surface area contributed by atoms with Gasteiger partial charge < -0.3 is 10.8 Å². The Hall–Kier alpha value is -1.06. The van der Waals surface area contributed by atoms with Gasteiger partial charge in [-0.05, 0) is 55.8 Å². The molecule has 98 valence electrons. The number of nitrogens with two attached hydrogens (primary N) is 1. The van der Waals surface area contributed by atoms with Gasteiger partial charge in [0.2, 0.25) is 0 Å². The van der Waals surface area contributed by atoms with E-state index in [1.54, 1.807) is 0 Å². The van der Waals surface area contributed by atoms with Crippen LogP contribution in [0.1, 0.15) is 46.3 Å². The normalized spacial score (nSPS) is 14.4. The Bertz CT molecular complexity index is 497. The predicted octanol–water partition coefficient (Wildman–Crippen LogP) is 2.76. The molecule has 0 amide bonds. The number of hydrogen-bond donors (Lipinski definition) is 2. The van der Waals surface area contributed by atoms with Crippen LogP contribution in [0.2, 0.25) is 5.02 Å². The molecular formula is C14H18ClNO2. The number of carbonyl (C=O) groups excluding carboxylic acids is 1. The Morgan fingerprint density at radius 2 is 1.94 bits per heavy atom. The van der Waals surface area contributed by atoms with Crippen LogP contribution in [-0.2, 0) is 12.8 Å². The van der Waals surface area contributed by atoms with E-state index in [1.165, 1.54) is 0 Å². The molecule has 0 saturated carbocycles. The Morgan fingerprint density at radius 3 is 2.56 bits per heavy atom. The van der Waals surface area contributed by atoms with Crippen molar-refractivity contribution in [1.82, 2.24) is 0 Å². The van der Waals surface area contributed by atoms with Crippen LogP contribution in [0.5, 0.6) is 5.75 Å². The molecule has 0 aromatic heterocycles. The summed E-state index contributed by atoms with van der Waals surface area (Å²) in [6, 6.07) is 0. The second kappa shape index (κ2) is 5.29. The fourth-order valence-corrected chi connectivity index (χ4v) is 3.04. The van der Waals surface area contributed by atoms with Gasteiger partial charge in [0, 0.05) is 6.42 Å². The molecule has 0 fully saturated rings. The fraction of sp³-hybridized carbons (Fsp3) is 0.500. The molecule has 0 bridgehead atoms. The number of ketones is 1. The maximum atomic E-state index is 12.0. The molecule has 4 heteroatoms. The molecule has 18 heavy (non-hydrogen) atoms. The second-order valence-electron chi connectivity index (χ2n) is 4.79. The number of aromatic hydroxyl groups is 1. The smallest absolute Gasteiger partial charge is 0.168 e. The van der Waals surface area contributed by atoms with E-state index in [9.17, 15) is 9.90 Å². The lowest BCUT2D eigenvalue weighted by Gasteiger charge is -2.23. The number of fused-ring (bicyclic) bond motifs is 1. The first-order valence-electron chi connectivity index (χ1n) is 6.34. The third kappa shape index (κ3) is 2.13. The minimum atomic E-state index is -0.122. The molecule has 0 radical (unpaired) electrons. The van der Waals surface area contributed by atoms with Crippen molar-refractivity contribution in [1.29, 1.82) is 0 Å². The molecule has 0 aliphatic heterocycles. The van der Waals surface area contributed by atoms with Crippen LogP contribution >= 0.6 is 11.6 Å². The second-order valence-corrected chi connectivity index (χ2v) is 5.17. The zero-order valence-corrected chi connectivity index (χ0v) is 11.3. The average molecular weight is 268 g/mol. The number of benzene rings is 1. The highest BCUT2D eigenvalue weighted by Gasteiger charge is 2.25. The van der Waals surface area contributed by atoms with Crippen LogP contribution < -0.4 is 5.73 Å². The van der Waals surface area contributed by atoms with Crippen molar-refractivity contribution in [2.24, 2.45) is 5.73 Å². The van der Waals surface area contributed by atoms with Gasteiger partial charge in [0.25, 0.3) is 0 Å². The predicted molar refractivity (Wildman–Crippen MR) is 72.5 cm³/mol. The summed E-state index contributed by atoms with van der Waals surface area (Å²) in [5.74, 6) is -0.184. The molecule has 1 aliphatic carbocycles. The van der Waals surface area contributed by atoms with Crippen LogP contribution in [-0.4, -0.2) is 17.4 Å². The van der Waals surface area contributed by atoms with Crippen LogP contribution in [0, 0.1) is 6.92 Å². The summed E-state index contributed by atoms with van der Waals surface area (Å²) in [4.78, 5) is 12.0. The van der Waals surface area contributed by atoms with E-state index in [1.807, 2.05) is 6.92 Å². The molecule has 1 aliphatic rings. The van der Waals surface area contributed by atoms with Gasteiger partial charge in [-0.15, -0.1) is 0 Å². The van der Waals surface area contributed by atoms with E-state index in [4.69, 9.17) is 17.3 Å². The fourth-order valence-electron chi connectivity index (χ4n) is 2.74. The van der Waals surface area contributed by atoms with Gasteiger partial charge in [-0.25, -0.2) is 0 Å². The Kier molecular flexibility index (Phi) is 3.93. The molecular weight excluding hydrogens is 250 g/mol. The van der Waals surface area contributed by atoms with E-state index in [0.717, 1.165) is 42.4 Å². The van der Waals surface area contributed by atoms with E-state index in [0.29, 0.717) is 10.6 Å². The third-order valence-electron chi connectivity index (χ3n) is 3.66. The Morgan fingerprint density at radius 1 is 1.33 bits per heavy atom. The summed E-state index contributed by atoms with van der Waals surface area (Å²) in [5.41, 5.74) is 8.81. The molecule has 0 heterocycles. The van der Waals surface area contributed by atoms with Crippen molar-refractivity contribution < 1.29 is 9.90 Å². The lowest BCUT2D eigenvalue weighted by Crippen LogP contribution is -2.14. The summed E-state index contributed by atoms with van der Waals surface area (Å²) in [6.45, 7) is 2.18. The molecule has 0 atom stereocenters. The van der Waals surface area contributed by atoms with Crippen molar-refractivity contribution in [2.75, 3.05) is 6.54 Å². The number of carbonyl (C=O) groups is 1. The number of rotatable bonds is 3. The lowest BCUT2D eigenvalue weighted by atomic mass is 9.84. The highest BCUT2D eigenvalue weighted by Crippen LogP contribution is 2.40. The lowest BCUT2D eigenvalue weighted by molar-refractivity contribution is 0.0982. The zero-order chi connectivity index (χ0) is 13.3. The highest BCUT2D eigenvalue weighted by atomic mass is 35.5. The molecule has 1 aromatic carbocycles. The monoisotopic (exact) mass is 267 g/mol. The third-order valence-corrected chi connectivity index (χ3v) is 4.06. The first-order chi connectivity index (χ1) is 8.57. The summed E-state index contributed by atoms with van der Waals surface area (Å²) in [7, 11) is 0. The molecule has 0 unspecified atom stereocenters. The Balaban J connectivity index is 2.60. The van der Waals surface area contributed by atoms with E-state index >= 15 is 0 Å². The van der Waals surface area contributed by atoms with E-state index < -0.39 is 0 Å². The van der Waals surface area contributed by atoms with Crippen LogP contribution in [0.25, 0.3) is 0 Å². The average Bonchev–Trinajstić information content (AvgIpc) is 2.37. The number of halogens is 1. The molecule has 0 spiro atoms. The highest BCUT2D eigenvalue weighted by molar-refractivity contribution is 6.33. The number of phenolic OH excluding ortho intramolecular Hbond substituents is 1. The maximum absolute atomic E-state index is 12.0. The molecule has 3 nitrogen and oxygen atoms in total. The van der Waals surface area contributed by atoms with Crippen molar-refractivity contribution in [3.63, 3.8) is 0 Å². The molecule has 3 N–H and O–H groups in total. The minimum absolute atomic E-state index is 0.0618. The summed E-state index contributed by atoms with van der Waals surface area (Å²) in [5, 5.41) is 10.5. The van der Waals surface area contributed by atoms with Crippen molar-refractivity contribution in [3.05, 3.63) is 27.3 Å². The quantitative estimate of drug-likeness (QED) is 0.828. The molecule has 1 aromatic rings. The minimum Gasteiger partial charge on any atom is -0.506 e. The SMILES string of the molecule is Cc1c2c(c(Cl)c(O)c1C(=O)CCN)CCCC2. The van der Waals surface area contributed by atoms with E-state index in [-0.39, 0.29) is 24.5 Å². The first-order valence-corrected chi connectivity index (χ1v) is 6.71. The summed E-state index contributed by atoms with van der Waals surface area (Å²) >= 11 is 6.20. The standard InChI is InChI=1S/C14H18ClNO2/c1-8-9-4-2-3-5-10(9)13(15)14(18)12(8)11(17)6-7-16/h18H,2-7,16H2,1H3. The van der Waals surface area contributed by atoms with Crippen molar-refractivity contribution in [2.45, 2.75) is 39.0 Å². The van der Waals surface area contributed by atoms with E-state index in [2.05, 4.69) is 0 Å². The maximum Gasteiger partial charge on any atom is 0.168 e. The van der Waals surface area contributed by atoms with Gasteiger partial charge in [-0.3, -0.25) is 4.79 Å². The van der Waals surface area contributed by atoms with Crippen molar-refractivity contribution in [3.8, 4) is 5.75 Å². The van der Waals surface area contributed by atoms with Gasteiger partial charge in [0.05, 0.1) is 10.6 Å². The van der Waals surface area contributed by atoms with Gasteiger partial charge in [0.1, 0.15) is 5.75 Å². The first kappa shape index (κ1) is 13.4.